The van der Waals surface area contributed by atoms with Crippen LogP contribution in [0.2, 0.25) is 5.02 Å². The molecule has 0 saturated heterocycles. The lowest BCUT2D eigenvalue weighted by atomic mass is 10.3. The molecule has 0 saturated carbocycles. The predicted molar refractivity (Wildman–Crippen MR) is 107 cm³/mol. The van der Waals surface area contributed by atoms with Crippen LogP contribution in [0.25, 0.3) is 11.0 Å². The molecule has 0 aliphatic rings. The molecular weight excluding hydrogens is 380 g/mol. The van der Waals surface area contributed by atoms with E-state index in [2.05, 4.69) is 15.6 Å². The van der Waals surface area contributed by atoms with E-state index in [0.717, 1.165) is 11.0 Å². The third-order valence-corrected chi connectivity index (χ3v) is 4.29. The predicted octanol–water partition coefficient (Wildman–Crippen LogP) is 2.52. The first-order valence-electron chi connectivity index (χ1n) is 8.92. The van der Waals surface area contributed by atoms with Crippen LogP contribution in [-0.2, 0) is 22.7 Å². The molecule has 2 amide bonds. The molecule has 0 unspecified atom stereocenters. The van der Waals surface area contributed by atoms with Crippen LogP contribution in [0.4, 0.5) is 0 Å². The van der Waals surface area contributed by atoms with Crippen molar-refractivity contribution in [2.75, 3.05) is 13.1 Å². The van der Waals surface area contributed by atoms with E-state index in [-0.39, 0.29) is 31.5 Å². The number of para-hydroxylation sites is 2. The van der Waals surface area contributed by atoms with E-state index in [4.69, 9.17) is 16.3 Å². The number of imidazole rings is 1. The Labute approximate surface area is 167 Å². The van der Waals surface area contributed by atoms with Crippen molar-refractivity contribution >= 4 is 34.4 Å². The fourth-order valence-corrected chi connectivity index (χ4v) is 2.85. The zero-order chi connectivity index (χ0) is 19.9. The van der Waals surface area contributed by atoms with Crippen LogP contribution in [-0.4, -0.2) is 34.5 Å². The van der Waals surface area contributed by atoms with E-state index in [9.17, 15) is 9.59 Å². The summed E-state index contributed by atoms with van der Waals surface area (Å²) in [5.41, 5.74) is 1.60. The lowest BCUT2D eigenvalue weighted by Gasteiger charge is -2.11. The lowest BCUT2D eigenvalue weighted by Crippen LogP contribution is -2.38. The number of aromatic nitrogens is 2. The monoisotopic (exact) mass is 400 g/mol. The van der Waals surface area contributed by atoms with Crippen molar-refractivity contribution < 1.29 is 14.3 Å². The summed E-state index contributed by atoms with van der Waals surface area (Å²) in [6.45, 7) is 2.52. The quantitative estimate of drug-likeness (QED) is 0.608. The van der Waals surface area contributed by atoms with Crippen LogP contribution in [0.5, 0.6) is 5.75 Å². The highest BCUT2D eigenvalue weighted by molar-refractivity contribution is 6.30. The summed E-state index contributed by atoms with van der Waals surface area (Å²) in [5, 5.41) is 5.89. The van der Waals surface area contributed by atoms with Gasteiger partial charge in [-0.15, -0.1) is 0 Å². The number of amides is 2. The molecule has 0 atom stereocenters. The molecule has 3 aromatic rings. The standard InChI is InChI=1S/C20H21ClN4O3/c1-2-22-19(26)11-23-20(27)12-25-17-6-4-3-5-16(17)24-18(25)13-28-15-9-7-14(21)8-10-15/h3-10H,2,11-13H2,1H3,(H,22,26)(H,23,27). The Hall–Kier alpha value is -3.06. The molecule has 28 heavy (non-hydrogen) atoms. The van der Waals surface area contributed by atoms with Gasteiger partial charge in [0.05, 0.1) is 17.6 Å². The third kappa shape index (κ3) is 5.01. The number of fused-ring (bicyclic) bond motifs is 1. The molecule has 0 aliphatic heterocycles. The summed E-state index contributed by atoms with van der Waals surface area (Å²) in [4.78, 5) is 28.4. The molecule has 0 aliphatic carbocycles. The van der Waals surface area contributed by atoms with Gasteiger partial charge >= 0.3 is 0 Å². The van der Waals surface area contributed by atoms with Gasteiger partial charge in [0.15, 0.2) is 0 Å². The summed E-state index contributed by atoms with van der Waals surface area (Å²) < 4.78 is 7.58. The molecule has 3 rings (SSSR count). The van der Waals surface area contributed by atoms with E-state index < -0.39 is 0 Å². The number of hydrogen-bond donors (Lipinski definition) is 2. The average Bonchev–Trinajstić information content (AvgIpc) is 3.04. The van der Waals surface area contributed by atoms with Crippen LogP contribution >= 0.6 is 11.6 Å². The van der Waals surface area contributed by atoms with Crippen LogP contribution in [0, 0.1) is 0 Å². The summed E-state index contributed by atoms with van der Waals surface area (Å²) in [6.07, 6.45) is 0. The Morgan fingerprint density at radius 2 is 1.82 bits per heavy atom. The summed E-state index contributed by atoms with van der Waals surface area (Å²) in [7, 11) is 0. The van der Waals surface area contributed by atoms with Crippen molar-refractivity contribution in [3.8, 4) is 5.75 Å². The second-order valence-corrected chi connectivity index (χ2v) is 6.51. The summed E-state index contributed by atoms with van der Waals surface area (Å²) >= 11 is 5.89. The normalized spacial score (nSPS) is 10.6. The Bertz CT molecular complexity index is 969. The van der Waals surface area contributed by atoms with Crippen LogP contribution < -0.4 is 15.4 Å². The molecule has 2 N–H and O–H groups in total. The van der Waals surface area contributed by atoms with Gasteiger partial charge in [0.1, 0.15) is 24.7 Å². The van der Waals surface area contributed by atoms with Gasteiger partial charge in [-0.05, 0) is 43.3 Å². The van der Waals surface area contributed by atoms with Gasteiger partial charge in [-0.2, -0.15) is 0 Å². The first-order chi connectivity index (χ1) is 13.6. The van der Waals surface area contributed by atoms with Gasteiger partial charge in [-0.25, -0.2) is 4.98 Å². The number of nitrogens with zero attached hydrogens (tertiary/aromatic N) is 2. The lowest BCUT2D eigenvalue weighted by molar-refractivity contribution is -0.126. The average molecular weight is 401 g/mol. The van der Waals surface area contributed by atoms with Crippen molar-refractivity contribution in [1.82, 2.24) is 20.2 Å². The summed E-state index contributed by atoms with van der Waals surface area (Å²) in [5.74, 6) is 0.771. The molecule has 8 heteroatoms. The van der Waals surface area contributed by atoms with Crippen molar-refractivity contribution in [2.45, 2.75) is 20.1 Å². The number of carbonyl (C=O) groups is 2. The van der Waals surface area contributed by atoms with Gasteiger partial charge < -0.3 is 19.9 Å². The molecular formula is C20H21ClN4O3. The number of likely N-dealkylation sites (N-methyl/N-ethyl adjacent to an activating group) is 1. The Balaban J connectivity index is 1.74. The highest BCUT2D eigenvalue weighted by atomic mass is 35.5. The van der Waals surface area contributed by atoms with Crippen molar-refractivity contribution in [3.05, 3.63) is 59.4 Å². The highest BCUT2D eigenvalue weighted by Gasteiger charge is 2.14. The number of halogens is 1. The van der Waals surface area contributed by atoms with Crippen LogP contribution in [0.3, 0.4) is 0 Å². The number of nitrogens with one attached hydrogen (secondary N) is 2. The van der Waals surface area contributed by atoms with E-state index in [0.29, 0.717) is 23.1 Å². The van der Waals surface area contributed by atoms with E-state index in [1.165, 1.54) is 0 Å². The van der Waals surface area contributed by atoms with Gasteiger partial charge in [0.25, 0.3) is 0 Å². The number of hydrogen-bond acceptors (Lipinski definition) is 4. The van der Waals surface area contributed by atoms with Crippen molar-refractivity contribution in [2.24, 2.45) is 0 Å². The fourth-order valence-electron chi connectivity index (χ4n) is 2.73. The summed E-state index contributed by atoms with van der Waals surface area (Å²) in [6, 6.07) is 14.6. The Morgan fingerprint density at radius 1 is 1.07 bits per heavy atom. The molecule has 0 bridgehead atoms. The van der Waals surface area contributed by atoms with Crippen LogP contribution in [0.1, 0.15) is 12.7 Å². The van der Waals surface area contributed by atoms with Gasteiger partial charge in [-0.3, -0.25) is 9.59 Å². The maximum atomic E-state index is 12.3. The zero-order valence-electron chi connectivity index (χ0n) is 15.4. The third-order valence-electron chi connectivity index (χ3n) is 4.04. The van der Waals surface area contributed by atoms with Gasteiger partial charge in [-0.1, -0.05) is 23.7 Å². The van der Waals surface area contributed by atoms with E-state index >= 15 is 0 Å². The smallest absolute Gasteiger partial charge is 0.240 e. The minimum absolute atomic E-state index is 0.0409. The number of rotatable bonds is 8. The largest absolute Gasteiger partial charge is 0.486 e. The minimum Gasteiger partial charge on any atom is -0.486 e. The highest BCUT2D eigenvalue weighted by Crippen LogP contribution is 2.20. The topological polar surface area (TPSA) is 85.2 Å². The molecule has 146 valence electrons. The number of ether oxygens (including phenoxy) is 1. The maximum absolute atomic E-state index is 12.3. The first-order valence-corrected chi connectivity index (χ1v) is 9.30. The molecule has 2 aromatic carbocycles. The van der Waals surface area contributed by atoms with Crippen LogP contribution in [0.15, 0.2) is 48.5 Å². The van der Waals surface area contributed by atoms with Gasteiger partial charge in [0, 0.05) is 11.6 Å². The van der Waals surface area contributed by atoms with Crippen molar-refractivity contribution in [1.29, 1.82) is 0 Å². The van der Waals surface area contributed by atoms with Gasteiger partial charge in [0.2, 0.25) is 11.8 Å². The number of carbonyl (C=O) groups excluding carboxylic acids is 2. The first kappa shape index (κ1) is 19.7. The minimum atomic E-state index is -0.276. The zero-order valence-corrected chi connectivity index (χ0v) is 16.2. The second kappa shape index (κ2) is 9.23. The molecule has 0 fully saturated rings. The molecule has 7 nitrogen and oxygen atoms in total. The molecule has 1 heterocycles. The van der Waals surface area contributed by atoms with E-state index in [1.54, 1.807) is 28.8 Å². The molecule has 0 spiro atoms. The Morgan fingerprint density at radius 3 is 2.57 bits per heavy atom. The van der Waals surface area contributed by atoms with Crippen molar-refractivity contribution in [3.63, 3.8) is 0 Å². The molecule has 1 aromatic heterocycles. The molecule has 0 radical (unpaired) electrons. The second-order valence-electron chi connectivity index (χ2n) is 6.08. The fraction of sp³-hybridized carbons (Fsp3) is 0.250. The number of benzene rings is 2. The maximum Gasteiger partial charge on any atom is 0.240 e. The Kier molecular flexibility index (Phi) is 6.49. The van der Waals surface area contributed by atoms with E-state index in [1.807, 2.05) is 31.2 Å². The SMILES string of the molecule is CCNC(=O)CNC(=O)Cn1c(COc2ccc(Cl)cc2)nc2ccccc21.